The lowest BCUT2D eigenvalue weighted by Gasteiger charge is -2.08. The van der Waals surface area contributed by atoms with Crippen LogP contribution in [0.1, 0.15) is 41.4 Å². The highest BCUT2D eigenvalue weighted by atomic mass is 35.5. The van der Waals surface area contributed by atoms with Crippen molar-refractivity contribution in [3.8, 4) is 5.75 Å². The highest BCUT2D eigenvalue weighted by Crippen LogP contribution is 2.35. The molecular weight excluding hydrogens is 413 g/mol. The van der Waals surface area contributed by atoms with E-state index < -0.39 is 0 Å². The van der Waals surface area contributed by atoms with Crippen molar-refractivity contribution >= 4 is 46.0 Å². The van der Waals surface area contributed by atoms with Crippen LogP contribution < -0.4 is 0 Å². The number of ether oxygens (including phenoxy) is 1. The lowest BCUT2D eigenvalue weighted by molar-refractivity contribution is -0.142. The molecule has 5 nitrogen and oxygen atoms in total. The van der Waals surface area contributed by atoms with E-state index in [0.717, 1.165) is 12.8 Å². The maximum absolute atomic E-state index is 13.2. The molecule has 0 amide bonds. The fourth-order valence-electron chi connectivity index (χ4n) is 3.22. The van der Waals surface area contributed by atoms with Gasteiger partial charge in [0.15, 0.2) is 0 Å². The molecule has 7 heteroatoms. The molecule has 0 aliphatic rings. The number of aromatic nitrogens is 1. The number of esters is 1. The monoisotopic (exact) mass is 433 g/mol. The summed E-state index contributed by atoms with van der Waals surface area (Å²) >= 11 is 12.0. The largest absolute Gasteiger partial charge is 0.506 e. The van der Waals surface area contributed by atoms with Crippen LogP contribution in [0.2, 0.25) is 10.0 Å². The molecule has 2 aromatic carbocycles. The second-order valence-electron chi connectivity index (χ2n) is 6.78. The van der Waals surface area contributed by atoms with Crippen LogP contribution in [0.3, 0.4) is 0 Å². The number of carbonyl (C=O) groups is 2. The number of rotatable bonds is 6. The van der Waals surface area contributed by atoms with Crippen molar-refractivity contribution in [2.45, 2.75) is 33.1 Å². The highest BCUT2D eigenvalue weighted by Gasteiger charge is 2.23. The van der Waals surface area contributed by atoms with Crippen LogP contribution in [0.25, 0.3) is 10.9 Å². The van der Waals surface area contributed by atoms with Gasteiger partial charge in [0.1, 0.15) is 5.75 Å². The first-order chi connectivity index (χ1) is 13.8. The zero-order chi connectivity index (χ0) is 21.1. The third kappa shape index (κ3) is 4.41. The first-order valence-corrected chi connectivity index (χ1v) is 10.1. The first-order valence-electron chi connectivity index (χ1n) is 9.31. The molecule has 0 bridgehead atoms. The lowest BCUT2D eigenvalue weighted by Crippen LogP contribution is -2.14. The predicted molar refractivity (Wildman–Crippen MR) is 114 cm³/mol. The van der Waals surface area contributed by atoms with Crippen LogP contribution in [0.4, 0.5) is 0 Å². The lowest BCUT2D eigenvalue weighted by atomic mass is 10.1. The minimum atomic E-state index is -0.381. The Morgan fingerprint density at radius 2 is 1.83 bits per heavy atom. The molecule has 0 saturated carbocycles. The molecule has 0 atom stereocenters. The Morgan fingerprint density at radius 3 is 2.48 bits per heavy atom. The summed E-state index contributed by atoms with van der Waals surface area (Å²) in [6, 6.07) is 9.55. The number of fused-ring (bicyclic) bond motifs is 1. The molecule has 1 N–H and O–H groups in total. The summed E-state index contributed by atoms with van der Waals surface area (Å²) in [4.78, 5) is 25.5. The van der Waals surface area contributed by atoms with Crippen molar-refractivity contribution in [1.82, 2.24) is 4.57 Å². The zero-order valence-electron chi connectivity index (χ0n) is 16.2. The number of phenols is 1. The normalized spacial score (nSPS) is 11.0. The van der Waals surface area contributed by atoms with Crippen molar-refractivity contribution < 1.29 is 19.4 Å². The van der Waals surface area contributed by atoms with Gasteiger partial charge in [-0.15, -0.1) is 0 Å². The summed E-state index contributed by atoms with van der Waals surface area (Å²) in [5, 5.41) is 11.3. The van der Waals surface area contributed by atoms with Gasteiger partial charge >= 0.3 is 5.97 Å². The van der Waals surface area contributed by atoms with E-state index in [1.165, 1.54) is 16.7 Å². The number of hydrogen-bond acceptors (Lipinski definition) is 4. The Labute approximate surface area is 178 Å². The molecule has 1 heterocycles. The predicted octanol–water partition coefficient (Wildman–Crippen LogP) is 5.54. The number of benzene rings is 2. The molecule has 0 radical (unpaired) electrons. The smallest absolute Gasteiger partial charge is 0.310 e. The third-order valence-corrected chi connectivity index (χ3v) is 5.33. The molecule has 1 aromatic heterocycles. The van der Waals surface area contributed by atoms with E-state index in [-0.39, 0.29) is 29.1 Å². The van der Waals surface area contributed by atoms with E-state index in [4.69, 9.17) is 27.9 Å². The van der Waals surface area contributed by atoms with E-state index in [0.29, 0.717) is 39.4 Å². The second-order valence-corrected chi connectivity index (χ2v) is 7.63. The van der Waals surface area contributed by atoms with Crippen molar-refractivity contribution in [1.29, 1.82) is 0 Å². The van der Waals surface area contributed by atoms with Crippen molar-refractivity contribution in [2.75, 3.05) is 6.61 Å². The number of unbranched alkanes of at least 4 members (excludes halogenated alkanes) is 1. The fraction of sp³-hybridized carbons (Fsp3) is 0.273. The number of hydrogen-bond donors (Lipinski definition) is 1. The fourth-order valence-corrected chi connectivity index (χ4v) is 3.50. The molecule has 0 spiro atoms. The molecule has 0 unspecified atom stereocenters. The molecule has 152 valence electrons. The van der Waals surface area contributed by atoms with Crippen LogP contribution in [-0.4, -0.2) is 28.2 Å². The summed E-state index contributed by atoms with van der Waals surface area (Å²) < 4.78 is 6.77. The van der Waals surface area contributed by atoms with Gasteiger partial charge in [0, 0.05) is 21.7 Å². The molecule has 0 fully saturated rings. The Kier molecular flexibility index (Phi) is 6.50. The number of halogens is 2. The van der Waals surface area contributed by atoms with E-state index in [9.17, 15) is 14.7 Å². The quantitative estimate of drug-likeness (QED) is 0.409. The van der Waals surface area contributed by atoms with Crippen LogP contribution in [-0.2, 0) is 16.0 Å². The first kappa shape index (κ1) is 21.2. The van der Waals surface area contributed by atoms with Gasteiger partial charge < -0.3 is 9.84 Å². The summed E-state index contributed by atoms with van der Waals surface area (Å²) in [5.74, 6) is -0.777. The Balaban J connectivity index is 2.09. The number of carbonyl (C=O) groups excluding carboxylic acids is 2. The third-order valence-electron chi connectivity index (χ3n) is 4.78. The van der Waals surface area contributed by atoms with Crippen LogP contribution in [0, 0.1) is 6.92 Å². The van der Waals surface area contributed by atoms with Crippen LogP contribution in [0.5, 0.6) is 5.75 Å². The van der Waals surface area contributed by atoms with Gasteiger partial charge in [0.05, 0.1) is 23.6 Å². The SMILES string of the molecule is CCCCOC(=O)Cc1c(C)n(C(=O)c2ccc(Cl)cc2)c2cc(Cl)c(O)cc12. The zero-order valence-corrected chi connectivity index (χ0v) is 17.7. The standard InChI is InChI=1S/C22H21Cl2NO4/c1-3-4-9-29-21(27)11-16-13(2)25(19-12-18(24)20(26)10-17(16)19)22(28)14-5-7-15(23)8-6-14/h5-8,10,12,26H,3-4,9,11H2,1-2H3. The Bertz CT molecular complexity index is 1070. The Morgan fingerprint density at radius 1 is 1.14 bits per heavy atom. The summed E-state index contributed by atoms with van der Waals surface area (Å²) in [6.07, 6.45) is 1.71. The molecule has 3 aromatic rings. The van der Waals surface area contributed by atoms with Crippen LogP contribution >= 0.6 is 23.2 Å². The second kappa shape index (κ2) is 8.89. The summed E-state index contributed by atoms with van der Waals surface area (Å²) in [6.45, 7) is 4.13. The molecule has 0 saturated heterocycles. The van der Waals surface area contributed by atoms with Gasteiger partial charge in [-0.3, -0.25) is 14.2 Å². The molecular formula is C22H21Cl2NO4. The summed E-state index contributed by atoms with van der Waals surface area (Å²) in [5.41, 5.74) is 2.17. The minimum absolute atomic E-state index is 0.00593. The molecule has 29 heavy (non-hydrogen) atoms. The topological polar surface area (TPSA) is 68.5 Å². The maximum atomic E-state index is 13.2. The van der Waals surface area contributed by atoms with Gasteiger partial charge in [-0.25, -0.2) is 0 Å². The van der Waals surface area contributed by atoms with Crippen molar-refractivity contribution in [3.63, 3.8) is 0 Å². The number of aromatic hydroxyl groups is 1. The van der Waals surface area contributed by atoms with Gasteiger partial charge in [-0.1, -0.05) is 36.5 Å². The highest BCUT2D eigenvalue weighted by molar-refractivity contribution is 6.33. The minimum Gasteiger partial charge on any atom is -0.506 e. The van der Waals surface area contributed by atoms with Gasteiger partial charge in [-0.2, -0.15) is 0 Å². The van der Waals surface area contributed by atoms with E-state index in [2.05, 4.69) is 0 Å². The van der Waals surface area contributed by atoms with E-state index in [1.54, 1.807) is 31.2 Å². The Hall–Kier alpha value is -2.50. The molecule has 3 rings (SSSR count). The van der Waals surface area contributed by atoms with Crippen molar-refractivity contribution in [3.05, 3.63) is 63.3 Å². The van der Waals surface area contributed by atoms with E-state index >= 15 is 0 Å². The number of nitrogens with zero attached hydrogens (tertiary/aromatic N) is 1. The van der Waals surface area contributed by atoms with Gasteiger partial charge in [0.25, 0.3) is 5.91 Å². The van der Waals surface area contributed by atoms with Gasteiger partial charge in [-0.05, 0) is 55.3 Å². The maximum Gasteiger partial charge on any atom is 0.310 e. The van der Waals surface area contributed by atoms with Crippen LogP contribution in [0.15, 0.2) is 36.4 Å². The average molecular weight is 434 g/mol. The van der Waals surface area contributed by atoms with E-state index in [1.807, 2.05) is 6.92 Å². The van der Waals surface area contributed by atoms with Gasteiger partial charge in [0.2, 0.25) is 0 Å². The molecule has 0 aliphatic carbocycles. The van der Waals surface area contributed by atoms with Crippen molar-refractivity contribution in [2.24, 2.45) is 0 Å². The summed E-state index contributed by atoms with van der Waals surface area (Å²) in [7, 11) is 0. The average Bonchev–Trinajstić information content (AvgIpc) is 2.93. The number of phenolic OH excluding ortho intramolecular Hbond substituents is 1. The molecule has 0 aliphatic heterocycles.